The number of benzene rings is 3. The Hall–Kier alpha value is -10.8. The Morgan fingerprint density at radius 2 is 1.30 bits per heavy atom. The molecule has 3 heterocycles. The second kappa shape index (κ2) is 43.6. The van der Waals surface area contributed by atoms with Gasteiger partial charge in [-0.2, -0.15) is 9.78 Å². The fourth-order valence-corrected chi connectivity index (χ4v) is 12.2. The Morgan fingerprint density at radius 1 is 0.692 bits per heavy atom. The van der Waals surface area contributed by atoms with E-state index in [0.29, 0.717) is 43.2 Å². The lowest BCUT2D eigenvalue weighted by atomic mass is 10.00. The molecule has 3 aromatic carbocycles. The van der Waals surface area contributed by atoms with Crippen molar-refractivity contribution in [2.75, 3.05) is 66.1 Å². The highest BCUT2D eigenvalue weighted by atomic mass is 32.2. The van der Waals surface area contributed by atoms with Gasteiger partial charge in [0.25, 0.3) is 12.4 Å². The van der Waals surface area contributed by atoms with Crippen LogP contribution in [-0.2, 0) is 63.9 Å². The van der Waals surface area contributed by atoms with E-state index in [9.17, 15) is 72.5 Å². The zero-order chi connectivity index (χ0) is 78.1. The normalized spacial score (nSPS) is 19.6. The predicted octanol–water partition coefficient (Wildman–Crippen LogP) is -3.11. The lowest BCUT2D eigenvalue weighted by molar-refractivity contribution is -0.136. The van der Waals surface area contributed by atoms with E-state index in [1.165, 1.54) is 30.6 Å². The fourth-order valence-electron chi connectivity index (χ4n) is 11.2. The lowest BCUT2D eigenvalue weighted by Crippen LogP contribution is -2.61. The molecule has 2 aromatic heterocycles. The van der Waals surface area contributed by atoms with Gasteiger partial charge in [0, 0.05) is 54.4 Å². The summed E-state index contributed by atoms with van der Waals surface area (Å²) in [5.74, 6) is -10.2. The molecule has 12 amide bonds. The van der Waals surface area contributed by atoms with Gasteiger partial charge in [-0.25, -0.2) is 4.79 Å². The third kappa shape index (κ3) is 26.1. The summed E-state index contributed by atoms with van der Waals surface area (Å²) in [7, 11) is 1.51. The van der Waals surface area contributed by atoms with Crippen molar-refractivity contribution in [1.82, 2.24) is 78.1 Å². The van der Waals surface area contributed by atoms with Crippen LogP contribution in [0.2, 0.25) is 0 Å². The molecule has 1 saturated heterocycles. The van der Waals surface area contributed by atoms with E-state index in [1.807, 2.05) is 0 Å². The number of fused-ring (bicyclic) bond motifs is 1. The summed E-state index contributed by atoms with van der Waals surface area (Å²) in [6.45, 7) is 1.55. The number of aliphatic hydroxyl groups is 2. The predicted molar refractivity (Wildman–Crippen MR) is 394 cm³/mol. The zero-order valence-corrected chi connectivity index (χ0v) is 60.8. The van der Waals surface area contributed by atoms with Crippen molar-refractivity contribution < 1.29 is 77.3 Å². The third-order valence-corrected chi connectivity index (χ3v) is 17.9. The highest BCUT2D eigenvalue weighted by molar-refractivity contribution is 7.99. The van der Waals surface area contributed by atoms with Crippen LogP contribution < -0.4 is 81.4 Å². The number of amides is 12. The molecular weight excluding hydrogens is 1410 g/mol. The van der Waals surface area contributed by atoms with Gasteiger partial charge in [-0.3, -0.25) is 62.5 Å². The van der Waals surface area contributed by atoms with Crippen LogP contribution in [0.4, 0.5) is 4.79 Å². The van der Waals surface area contributed by atoms with Crippen molar-refractivity contribution in [3.8, 4) is 0 Å². The number of carbonyl (C=O) groups excluding carboxylic acids is 13. The third-order valence-electron chi connectivity index (χ3n) is 16.8. The Morgan fingerprint density at radius 3 is 1.91 bits per heavy atom. The maximum atomic E-state index is 14.8. The molecule has 578 valence electrons. The number of ether oxygens (including phenoxy) is 1. The van der Waals surface area contributed by atoms with Gasteiger partial charge in [-0.15, -0.1) is 0 Å². The first-order valence-corrected chi connectivity index (χ1v) is 35.8. The Bertz CT molecular complexity index is 3910. The van der Waals surface area contributed by atoms with Crippen LogP contribution in [-0.4, -0.2) is 234 Å². The molecule has 10 atom stereocenters. The van der Waals surface area contributed by atoms with E-state index < -0.39 is 152 Å². The van der Waals surface area contributed by atoms with E-state index in [2.05, 4.69) is 68.6 Å². The molecule has 0 bridgehead atoms. The van der Waals surface area contributed by atoms with Gasteiger partial charge in [0.1, 0.15) is 61.0 Å². The van der Waals surface area contributed by atoms with Crippen molar-refractivity contribution in [3.05, 3.63) is 120 Å². The lowest BCUT2D eigenvalue weighted by Gasteiger charge is -2.28. The number of hydrogen-bond acceptors (Lipinski definition) is 23. The molecule has 0 radical (unpaired) electrons. The van der Waals surface area contributed by atoms with Gasteiger partial charge in [0.2, 0.25) is 59.1 Å². The van der Waals surface area contributed by atoms with Crippen molar-refractivity contribution in [2.45, 2.75) is 142 Å². The second-order valence-corrected chi connectivity index (χ2v) is 26.5. The first kappa shape index (κ1) is 85.2. The van der Waals surface area contributed by atoms with Crippen LogP contribution in [0.3, 0.4) is 0 Å². The number of aromatic nitrogens is 3. The number of nitrogens with two attached hydrogens (primary N) is 4. The molecule has 107 heavy (non-hydrogen) atoms. The summed E-state index contributed by atoms with van der Waals surface area (Å²) in [6, 6.07) is 11.2. The molecule has 36 heteroatoms. The van der Waals surface area contributed by atoms with Gasteiger partial charge < -0.3 is 101 Å². The minimum Gasteiger partial charge on any atom is -0.466 e. The van der Waals surface area contributed by atoms with Crippen LogP contribution in [0.1, 0.15) is 93.0 Å². The molecule has 5 aromatic rings. The molecule has 1 fully saturated rings. The Labute approximate surface area is 622 Å². The van der Waals surface area contributed by atoms with Crippen LogP contribution >= 0.6 is 11.8 Å². The molecule has 1 aliphatic heterocycles. The van der Waals surface area contributed by atoms with Crippen molar-refractivity contribution in [2.24, 2.45) is 28.9 Å². The van der Waals surface area contributed by atoms with E-state index in [4.69, 9.17) is 27.7 Å². The quantitative estimate of drug-likeness (QED) is 0.0154. The summed E-state index contributed by atoms with van der Waals surface area (Å²) in [4.78, 5) is 188. The summed E-state index contributed by atoms with van der Waals surface area (Å²) < 4.78 is 6.07. The zero-order valence-electron chi connectivity index (χ0n) is 60.0. The Balaban J connectivity index is 1.26. The van der Waals surface area contributed by atoms with E-state index >= 15 is 0 Å². The number of pyridine rings is 1. The van der Waals surface area contributed by atoms with Crippen molar-refractivity contribution >= 4 is 112 Å². The number of hydrogen-bond donors (Lipinski definition) is 17. The molecular formula is C71H97N19O16S. The Kier molecular flexibility index (Phi) is 34.7. The monoisotopic (exact) mass is 1500 g/mol. The molecule has 0 spiro atoms. The minimum absolute atomic E-state index is 0.0205. The van der Waals surface area contributed by atoms with Gasteiger partial charge in [-0.05, 0) is 138 Å². The van der Waals surface area contributed by atoms with Crippen LogP contribution in [0.25, 0.3) is 23.1 Å². The highest BCUT2D eigenvalue weighted by Gasteiger charge is 2.37. The molecule has 6 rings (SSSR count). The average molecular weight is 1500 g/mol. The van der Waals surface area contributed by atoms with E-state index in [-0.39, 0.29) is 103 Å². The van der Waals surface area contributed by atoms with Crippen LogP contribution in [0.5, 0.6) is 0 Å². The SMILES string of the molecule is CNC(=O)c1ccccc1Sc1ccc2c(/C=C/c3ccccn3)nn(C(=O)N(CCOC=O)CCC(=O)N[C@@H](CO)C(=O)N[C@@H](CCN)C(=O)N[C@H]3CCNC(=O)[C@H]([C@@H](C)O)NC(=O)[C@H](CCN)NC(=O)[C@H](CCN)NC(=O)[C@H](CC(C)C)NC(=O)[C@@H](Cc4ccccc4)NC(=O)[C@H](CCN)NC3=O)c2c1. The number of rotatable bonds is 31. The highest BCUT2D eigenvalue weighted by Crippen LogP contribution is 2.34. The van der Waals surface area contributed by atoms with Crippen LogP contribution in [0.15, 0.2) is 107 Å². The second-order valence-electron chi connectivity index (χ2n) is 25.4. The number of aliphatic hydroxyl groups excluding tert-OH is 2. The molecule has 21 N–H and O–H groups in total. The minimum atomic E-state index is -1.77. The molecule has 0 unspecified atom stereocenters. The van der Waals surface area contributed by atoms with E-state index in [0.717, 1.165) is 4.68 Å². The fraction of sp³-hybridized carbons (Fsp3) is 0.451. The molecule has 1 aliphatic rings. The number of nitrogens with zero attached hydrogens (tertiary/aromatic N) is 4. The number of nitrogens with one attached hydrogen (secondary N) is 11. The van der Waals surface area contributed by atoms with Crippen LogP contribution in [0, 0.1) is 5.92 Å². The topological polar surface area (TPSA) is 542 Å². The van der Waals surface area contributed by atoms with Gasteiger partial charge in [-0.1, -0.05) is 74.1 Å². The van der Waals surface area contributed by atoms with Gasteiger partial charge in [0.15, 0.2) is 0 Å². The first-order chi connectivity index (χ1) is 51.4. The van der Waals surface area contributed by atoms with Gasteiger partial charge >= 0.3 is 6.03 Å². The van der Waals surface area contributed by atoms with Crippen molar-refractivity contribution in [1.29, 1.82) is 0 Å². The summed E-state index contributed by atoms with van der Waals surface area (Å²) >= 11 is 1.25. The van der Waals surface area contributed by atoms with Gasteiger partial charge in [0.05, 0.1) is 41.7 Å². The molecule has 35 nitrogen and oxygen atoms in total. The van der Waals surface area contributed by atoms with Crippen molar-refractivity contribution in [3.63, 3.8) is 0 Å². The van der Waals surface area contributed by atoms with E-state index in [1.54, 1.807) is 123 Å². The standard InChI is InChI=1S/C71H97N19O16S/c1-41(2)36-54-67(101)82-49(21-27-72)62(96)81-52(24-30-75)66(100)87-60(42(3)93)70(104)78-32-25-53(65(99)80-51(23-29-74)64(98)86-55(68(102)85-54)37-43-12-6-5-7-13-43)84-63(97)50(22-28-73)83-69(103)56(39-91)79-59(94)26-33-89(34-35-106-40-92)71(105)90-57-38-45(107-58-16-9-8-15-47(58)61(95)76-4)18-19-46(57)48(88-90)20-17-44-14-10-11-31-77-44/h5-20,31,38,40-42,49-56,60,91,93H,21-30,32-37,39,72-75H2,1-4H3,(H,76,95)(H,78,104)(H,79,94)(H,80,99)(H,81,96)(H,82,101)(H,83,103)(H,84,97)(H,85,102)(H,86,98)(H,87,100)/b20-17+/t42-,49+,50+,51+,52+,53+,54+,55-,56+,60+/m1/s1. The average Bonchev–Trinajstić information content (AvgIpc) is 1.63. The largest absolute Gasteiger partial charge is 0.466 e. The summed E-state index contributed by atoms with van der Waals surface area (Å²) in [5, 5.41) is 54.7. The molecule has 0 aliphatic carbocycles. The maximum absolute atomic E-state index is 14.8. The first-order valence-electron chi connectivity index (χ1n) is 35.0. The summed E-state index contributed by atoms with van der Waals surface area (Å²) in [5.41, 5.74) is 25.9. The summed E-state index contributed by atoms with van der Waals surface area (Å²) in [6.07, 6.45) is 1.23. The maximum Gasteiger partial charge on any atom is 0.345 e. The smallest absolute Gasteiger partial charge is 0.345 e. The number of carbonyl (C=O) groups is 13. The molecule has 0 saturated carbocycles.